The van der Waals surface area contributed by atoms with Gasteiger partial charge in [0.1, 0.15) is 5.15 Å². The van der Waals surface area contributed by atoms with E-state index in [4.69, 9.17) is 22.1 Å². The Labute approximate surface area is 88.2 Å². The Balaban J connectivity index is 2.23. The smallest absolute Gasteiger partial charge is 0.129 e. The fourth-order valence-electron chi connectivity index (χ4n) is 1.69. The van der Waals surface area contributed by atoms with E-state index in [-0.39, 0.29) is 5.54 Å². The maximum absolute atomic E-state index is 6.27. The lowest BCUT2D eigenvalue weighted by Crippen LogP contribution is -2.42. The van der Waals surface area contributed by atoms with Crippen molar-refractivity contribution in [3.05, 3.63) is 29.0 Å². The molecule has 0 spiro atoms. The molecule has 0 unspecified atom stereocenters. The second-order valence-electron chi connectivity index (χ2n) is 3.64. The van der Waals surface area contributed by atoms with Crippen molar-refractivity contribution in [1.82, 2.24) is 4.98 Å². The van der Waals surface area contributed by atoms with Crippen molar-refractivity contribution in [3.63, 3.8) is 0 Å². The Morgan fingerprint density at radius 2 is 2.07 bits per heavy atom. The van der Waals surface area contributed by atoms with E-state index in [1.165, 1.54) is 0 Å². The molecule has 1 aliphatic rings. The summed E-state index contributed by atoms with van der Waals surface area (Å²) in [5.41, 5.74) is 7.03. The van der Waals surface area contributed by atoms with Crippen molar-refractivity contribution < 1.29 is 4.74 Å². The van der Waals surface area contributed by atoms with Crippen LogP contribution in [0.25, 0.3) is 0 Å². The highest BCUT2D eigenvalue weighted by Gasteiger charge is 2.29. The number of halogens is 1. The van der Waals surface area contributed by atoms with Crippen LogP contribution in [0.3, 0.4) is 0 Å². The summed E-state index contributed by atoms with van der Waals surface area (Å²) in [6.07, 6.45) is 3.44. The van der Waals surface area contributed by atoms with Gasteiger partial charge in [0, 0.05) is 24.9 Å². The molecule has 0 aliphatic carbocycles. The molecule has 4 heteroatoms. The van der Waals surface area contributed by atoms with E-state index in [2.05, 4.69) is 4.98 Å². The number of aromatic nitrogens is 1. The topological polar surface area (TPSA) is 48.1 Å². The Morgan fingerprint density at radius 1 is 1.36 bits per heavy atom. The summed E-state index contributed by atoms with van der Waals surface area (Å²) in [7, 11) is 0. The lowest BCUT2D eigenvalue weighted by Gasteiger charge is -2.33. The van der Waals surface area contributed by atoms with E-state index in [1.54, 1.807) is 12.3 Å². The van der Waals surface area contributed by atoms with Gasteiger partial charge in [-0.05, 0) is 24.5 Å². The fraction of sp³-hybridized carbons (Fsp3) is 0.500. The zero-order chi connectivity index (χ0) is 10.0. The van der Waals surface area contributed by atoms with Crippen molar-refractivity contribution in [1.29, 1.82) is 0 Å². The van der Waals surface area contributed by atoms with E-state index in [0.29, 0.717) is 5.15 Å². The number of pyridine rings is 1. The third kappa shape index (κ3) is 1.90. The number of rotatable bonds is 1. The fourth-order valence-corrected chi connectivity index (χ4v) is 1.81. The first-order chi connectivity index (χ1) is 6.71. The van der Waals surface area contributed by atoms with Gasteiger partial charge in [0.05, 0.1) is 0 Å². The van der Waals surface area contributed by atoms with Crippen LogP contribution in [-0.4, -0.2) is 18.2 Å². The molecular formula is C10H13ClN2O. The number of hydrogen-bond acceptors (Lipinski definition) is 3. The SMILES string of the molecule is NC1(c2ccc(Cl)nc2)CCOCC1. The average molecular weight is 213 g/mol. The maximum atomic E-state index is 6.27. The summed E-state index contributed by atoms with van der Waals surface area (Å²) in [6.45, 7) is 1.44. The van der Waals surface area contributed by atoms with Crippen molar-refractivity contribution in [2.45, 2.75) is 18.4 Å². The molecule has 0 aromatic carbocycles. The molecule has 1 aliphatic heterocycles. The van der Waals surface area contributed by atoms with E-state index in [0.717, 1.165) is 31.6 Å². The molecule has 0 bridgehead atoms. The highest BCUT2D eigenvalue weighted by Crippen LogP contribution is 2.28. The van der Waals surface area contributed by atoms with Gasteiger partial charge in [0.2, 0.25) is 0 Å². The quantitative estimate of drug-likeness (QED) is 0.721. The number of nitrogens with zero attached hydrogens (tertiary/aromatic N) is 1. The van der Waals surface area contributed by atoms with Crippen LogP contribution in [0.5, 0.6) is 0 Å². The molecular weight excluding hydrogens is 200 g/mol. The molecule has 2 rings (SSSR count). The van der Waals surface area contributed by atoms with Crippen molar-refractivity contribution >= 4 is 11.6 Å². The van der Waals surface area contributed by atoms with Crippen molar-refractivity contribution in [3.8, 4) is 0 Å². The molecule has 1 aromatic heterocycles. The van der Waals surface area contributed by atoms with Crippen LogP contribution in [0, 0.1) is 0 Å². The summed E-state index contributed by atoms with van der Waals surface area (Å²) in [5, 5.41) is 0.504. The third-order valence-corrected chi connectivity index (χ3v) is 2.91. The molecule has 1 aromatic rings. The summed E-state index contributed by atoms with van der Waals surface area (Å²) in [6, 6.07) is 3.72. The van der Waals surface area contributed by atoms with Crippen LogP contribution >= 0.6 is 11.6 Å². The molecule has 1 saturated heterocycles. The number of nitrogens with two attached hydrogens (primary N) is 1. The monoisotopic (exact) mass is 212 g/mol. The third-order valence-electron chi connectivity index (χ3n) is 2.69. The largest absolute Gasteiger partial charge is 0.381 e. The predicted octanol–water partition coefficient (Wildman–Crippen LogP) is 1.70. The van der Waals surface area contributed by atoms with Crippen LogP contribution in [0.15, 0.2) is 18.3 Å². The van der Waals surface area contributed by atoms with Gasteiger partial charge in [-0.15, -0.1) is 0 Å². The van der Waals surface area contributed by atoms with Gasteiger partial charge in [-0.3, -0.25) is 0 Å². The predicted molar refractivity (Wildman–Crippen MR) is 55.2 cm³/mol. The first-order valence-electron chi connectivity index (χ1n) is 4.69. The van der Waals surface area contributed by atoms with E-state index >= 15 is 0 Å². The van der Waals surface area contributed by atoms with E-state index in [1.807, 2.05) is 6.07 Å². The zero-order valence-electron chi connectivity index (χ0n) is 7.87. The summed E-state index contributed by atoms with van der Waals surface area (Å²) in [5.74, 6) is 0. The van der Waals surface area contributed by atoms with E-state index in [9.17, 15) is 0 Å². The minimum absolute atomic E-state index is 0.282. The minimum Gasteiger partial charge on any atom is -0.381 e. The van der Waals surface area contributed by atoms with Gasteiger partial charge in [-0.25, -0.2) is 4.98 Å². The second kappa shape index (κ2) is 3.85. The molecule has 2 heterocycles. The van der Waals surface area contributed by atoms with Gasteiger partial charge < -0.3 is 10.5 Å². The molecule has 0 atom stereocenters. The molecule has 14 heavy (non-hydrogen) atoms. The highest BCUT2D eigenvalue weighted by atomic mass is 35.5. The van der Waals surface area contributed by atoms with Gasteiger partial charge in [-0.1, -0.05) is 17.7 Å². The molecule has 76 valence electrons. The molecule has 3 nitrogen and oxygen atoms in total. The summed E-state index contributed by atoms with van der Waals surface area (Å²) < 4.78 is 5.28. The van der Waals surface area contributed by atoms with Gasteiger partial charge in [-0.2, -0.15) is 0 Å². The van der Waals surface area contributed by atoms with Crippen LogP contribution in [0.1, 0.15) is 18.4 Å². The minimum atomic E-state index is -0.282. The number of hydrogen-bond donors (Lipinski definition) is 1. The Hall–Kier alpha value is -0.640. The van der Waals surface area contributed by atoms with Crippen molar-refractivity contribution in [2.75, 3.05) is 13.2 Å². The molecule has 0 amide bonds. The van der Waals surface area contributed by atoms with Crippen LogP contribution in [-0.2, 0) is 10.3 Å². The van der Waals surface area contributed by atoms with Crippen LogP contribution < -0.4 is 5.73 Å². The standard InChI is InChI=1S/C10H13ClN2O/c11-9-2-1-8(7-13-9)10(12)3-5-14-6-4-10/h1-2,7H,3-6,12H2. The lowest BCUT2D eigenvalue weighted by molar-refractivity contribution is 0.0521. The summed E-state index contributed by atoms with van der Waals surface area (Å²) >= 11 is 5.72. The normalized spacial score (nSPS) is 20.7. The maximum Gasteiger partial charge on any atom is 0.129 e. The van der Waals surface area contributed by atoms with Gasteiger partial charge in [0.25, 0.3) is 0 Å². The first-order valence-corrected chi connectivity index (χ1v) is 5.07. The van der Waals surface area contributed by atoms with Crippen LogP contribution in [0.2, 0.25) is 5.15 Å². The molecule has 1 fully saturated rings. The zero-order valence-corrected chi connectivity index (χ0v) is 8.63. The first kappa shape index (κ1) is 9.90. The second-order valence-corrected chi connectivity index (χ2v) is 4.03. The summed E-state index contributed by atoms with van der Waals surface area (Å²) in [4.78, 5) is 4.04. The Kier molecular flexibility index (Phi) is 2.72. The van der Waals surface area contributed by atoms with E-state index < -0.39 is 0 Å². The molecule has 0 radical (unpaired) electrons. The van der Waals surface area contributed by atoms with Crippen LogP contribution in [0.4, 0.5) is 0 Å². The Morgan fingerprint density at radius 3 is 2.64 bits per heavy atom. The average Bonchev–Trinajstić information content (AvgIpc) is 2.19. The lowest BCUT2D eigenvalue weighted by atomic mass is 9.85. The molecule has 2 N–H and O–H groups in total. The van der Waals surface area contributed by atoms with Gasteiger partial charge in [0.15, 0.2) is 0 Å². The highest BCUT2D eigenvalue weighted by molar-refractivity contribution is 6.29. The van der Waals surface area contributed by atoms with Crippen molar-refractivity contribution in [2.24, 2.45) is 5.73 Å². The van der Waals surface area contributed by atoms with Gasteiger partial charge >= 0.3 is 0 Å². The number of ether oxygens (including phenoxy) is 1. The molecule has 0 saturated carbocycles. The Bertz CT molecular complexity index is 306.